The number of aliphatic hydroxyl groups is 1. The van der Waals surface area contributed by atoms with E-state index in [0.29, 0.717) is 13.2 Å². The van der Waals surface area contributed by atoms with Crippen molar-refractivity contribution in [3.05, 3.63) is 95.1 Å². The lowest BCUT2D eigenvalue weighted by atomic mass is 9.74. The number of nitrogens with one attached hydrogen (secondary N) is 1. The van der Waals surface area contributed by atoms with E-state index in [1.54, 1.807) is 0 Å². The van der Waals surface area contributed by atoms with Crippen molar-refractivity contribution in [1.82, 2.24) is 5.32 Å². The first-order chi connectivity index (χ1) is 14.2. The lowest BCUT2D eigenvalue weighted by Gasteiger charge is -2.44. The van der Waals surface area contributed by atoms with Crippen molar-refractivity contribution >= 4 is 0 Å². The first-order valence-electron chi connectivity index (χ1n) is 10.3. The molecule has 4 rings (SSSR count). The summed E-state index contributed by atoms with van der Waals surface area (Å²) in [5.41, 5.74) is 6.47. The summed E-state index contributed by atoms with van der Waals surface area (Å²) in [5, 5.41) is 14.0. The maximum absolute atomic E-state index is 10.5. The van der Waals surface area contributed by atoms with E-state index in [-0.39, 0.29) is 12.5 Å². The Labute approximate surface area is 173 Å². The fourth-order valence-corrected chi connectivity index (χ4v) is 4.63. The van der Waals surface area contributed by atoms with Crippen LogP contribution in [0, 0.1) is 13.8 Å². The van der Waals surface area contributed by atoms with Gasteiger partial charge in [0.15, 0.2) is 0 Å². The number of benzene rings is 3. The van der Waals surface area contributed by atoms with Gasteiger partial charge in [0, 0.05) is 19.0 Å². The Balaban J connectivity index is 1.91. The van der Waals surface area contributed by atoms with E-state index >= 15 is 0 Å². The summed E-state index contributed by atoms with van der Waals surface area (Å²) >= 11 is 0. The van der Waals surface area contributed by atoms with Crippen LogP contribution in [0.25, 0.3) is 11.1 Å². The van der Waals surface area contributed by atoms with Crippen LogP contribution in [0.15, 0.2) is 72.8 Å². The van der Waals surface area contributed by atoms with Gasteiger partial charge in [0.1, 0.15) is 5.60 Å². The van der Waals surface area contributed by atoms with E-state index in [0.717, 1.165) is 17.7 Å². The Morgan fingerprint density at radius 3 is 2.41 bits per heavy atom. The third kappa shape index (κ3) is 3.74. The average molecular weight is 388 g/mol. The van der Waals surface area contributed by atoms with Crippen molar-refractivity contribution in [2.45, 2.75) is 25.4 Å². The highest BCUT2D eigenvalue weighted by atomic mass is 16.5. The van der Waals surface area contributed by atoms with E-state index in [2.05, 4.69) is 73.8 Å². The van der Waals surface area contributed by atoms with Crippen LogP contribution in [-0.4, -0.2) is 31.4 Å². The molecule has 3 heteroatoms. The SMILES string of the molecule is Cc1ccc(-c2ccccc2C2(C(CO)c3ccccc3)CNCCO2)c(C)c1. The molecule has 0 saturated carbocycles. The molecule has 3 nitrogen and oxygen atoms in total. The van der Waals surface area contributed by atoms with Gasteiger partial charge in [0.05, 0.1) is 13.2 Å². The van der Waals surface area contributed by atoms with Gasteiger partial charge in [-0.3, -0.25) is 0 Å². The number of hydrogen-bond acceptors (Lipinski definition) is 3. The largest absolute Gasteiger partial charge is 0.396 e. The molecule has 3 aromatic carbocycles. The number of ether oxygens (including phenoxy) is 1. The molecule has 0 aliphatic carbocycles. The molecule has 1 heterocycles. The van der Waals surface area contributed by atoms with Gasteiger partial charge < -0.3 is 15.2 Å². The quantitative estimate of drug-likeness (QED) is 0.674. The van der Waals surface area contributed by atoms with E-state index in [9.17, 15) is 5.11 Å². The Hall–Kier alpha value is -2.46. The second kappa shape index (κ2) is 8.50. The number of aliphatic hydroxyl groups excluding tert-OH is 1. The predicted molar refractivity (Wildman–Crippen MR) is 118 cm³/mol. The first-order valence-corrected chi connectivity index (χ1v) is 10.3. The zero-order valence-corrected chi connectivity index (χ0v) is 17.2. The molecule has 150 valence electrons. The Morgan fingerprint density at radius 2 is 1.72 bits per heavy atom. The second-order valence-corrected chi connectivity index (χ2v) is 7.92. The summed E-state index contributed by atoms with van der Waals surface area (Å²) < 4.78 is 6.56. The minimum atomic E-state index is -0.637. The average Bonchev–Trinajstić information content (AvgIpc) is 2.76. The monoisotopic (exact) mass is 387 g/mol. The van der Waals surface area contributed by atoms with Gasteiger partial charge in [0.25, 0.3) is 0 Å². The van der Waals surface area contributed by atoms with Crippen molar-refractivity contribution in [2.24, 2.45) is 0 Å². The third-order valence-electron chi connectivity index (χ3n) is 6.03. The molecule has 1 aliphatic heterocycles. The van der Waals surface area contributed by atoms with E-state index in [1.165, 1.54) is 22.3 Å². The number of aryl methyl sites for hydroxylation is 2. The van der Waals surface area contributed by atoms with Crippen LogP contribution >= 0.6 is 0 Å². The molecule has 3 aromatic rings. The lowest BCUT2D eigenvalue weighted by Crippen LogP contribution is -2.52. The smallest absolute Gasteiger partial charge is 0.115 e. The van der Waals surface area contributed by atoms with E-state index < -0.39 is 5.60 Å². The molecule has 2 unspecified atom stereocenters. The van der Waals surface area contributed by atoms with Gasteiger partial charge in [-0.2, -0.15) is 0 Å². The normalized spacial score (nSPS) is 20.4. The minimum Gasteiger partial charge on any atom is -0.396 e. The van der Waals surface area contributed by atoms with Gasteiger partial charge in [0.2, 0.25) is 0 Å². The molecule has 0 radical (unpaired) electrons. The second-order valence-electron chi connectivity index (χ2n) is 7.92. The number of hydrogen-bond donors (Lipinski definition) is 2. The van der Waals surface area contributed by atoms with Gasteiger partial charge in [-0.25, -0.2) is 0 Å². The molecule has 1 fully saturated rings. The zero-order chi connectivity index (χ0) is 20.3. The van der Waals surface area contributed by atoms with Crippen LogP contribution in [0.3, 0.4) is 0 Å². The van der Waals surface area contributed by atoms with Crippen LogP contribution in [-0.2, 0) is 10.3 Å². The van der Waals surface area contributed by atoms with Crippen molar-refractivity contribution in [3.63, 3.8) is 0 Å². The molecular formula is C26H29NO2. The van der Waals surface area contributed by atoms with E-state index in [1.807, 2.05) is 18.2 Å². The standard InChI is InChI=1S/C26H29NO2/c1-19-12-13-22(20(2)16-19)23-10-6-7-11-24(23)26(18-27-14-15-29-26)25(17-28)21-8-4-3-5-9-21/h3-13,16,25,27-28H,14-15,17-18H2,1-2H3. The maximum Gasteiger partial charge on any atom is 0.115 e. The van der Waals surface area contributed by atoms with Crippen LogP contribution in [0.5, 0.6) is 0 Å². The number of rotatable bonds is 5. The summed E-state index contributed by atoms with van der Waals surface area (Å²) in [7, 11) is 0. The first kappa shape index (κ1) is 19.8. The summed E-state index contributed by atoms with van der Waals surface area (Å²) in [6.07, 6.45) is 0. The summed E-state index contributed by atoms with van der Waals surface area (Å²) in [5.74, 6) is -0.164. The lowest BCUT2D eigenvalue weighted by molar-refractivity contribution is -0.0987. The molecule has 0 spiro atoms. The molecular weight excluding hydrogens is 358 g/mol. The molecule has 0 aromatic heterocycles. The highest BCUT2D eigenvalue weighted by Gasteiger charge is 2.45. The molecule has 2 atom stereocenters. The van der Waals surface area contributed by atoms with Crippen LogP contribution < -0.4 is 5.32 Å². The molecule has 1 saturated heterocycles. The molecule has 0 bridgehead atoms. The number of morpholine rings is 1. The highest BCUT2D eigenvalue weighted by molar-refractivity contribution is 5.72. The van der Waals surface area contributed by atoms with Gasteiger partial charge >= 0.3 is 0 Å². The predicted octanol–water partition coefficient (Wildman–Crippen LogP) is 4.56. The Kier molecular flexibility index (Phi) is 5.81. The van der Waals surface area contributed by atoms with Crippen molar-refractivity contribution in [2.75, 3.05) is 26.3 Å². The Morgan fingerprint density at radius 1 is 0.966 bits per heavy atom. The highest BCUT2D eigenvalue weighted by Crippen LogP contribution is 2.45. The summed E-state index contributed by atoms with van der Waals surface area (Å²) in [6.45, 7) is 6.40. The minimum absolute atomic E-state index is 0.0207. The van der Waals surface area contributed by atoms with Gasteiger partial charge in [-0.1, -0.05) is 78.4 Å². The topological polar surface area (TPSA) is 41.5 Å². The van der Waals surface area contributed by atoms with Crippen LogP contribution in [0.2, 0.25) is 0 Å². The van der Waals surface area contributed by atoms with Crippen LogP contribution in [0.4, 0.5) is 0 Å². The fraction of sp³-hybridized carbons (Fsp3) is 0.308. The Bertz CT molecular complexity index is 961. The van der Waals surface area contributed by atoms with Gasteiger partial charge in [-0.15, -0.1) is 0 Å². The molecule has 0 amide bonds. The maximum atomic E-state index is 10.5. The van der Waals surface area contributed by atoms with Crippen molar-refractivity contribution in [1.29, 1.82) is 0 Å². The molecule has 2 N–H and O–H groups in total. The summed E-state index contributed by atoms with van der Waals surface area (Å²) in [4.78, 5) is 0. The third-order valence-corrected chi connectivity index (χ3v) is 6.03. The fourth-order valence-electron chi connectivity index (χ4n) is 4.63. The zero-order valence-electron chi connectivity index (χ0n) is 17.2. The van der Waals surface area contributed by atoms with Crippen LogP contribution in [0.1, 0.15) is 28.2 Å². The van der Waals surface area contributed by atoms with E-state index in [4.69, 9.17) is 4.74 Å². The van der Waals surface area contributed by atoms with Crippen molar-refractivity contribution < 1.29 is 9.84 Å². The molecule has 29 heavy (non-hydrogen) atoms. The van der Waals surface area contributed by atoms with Gasteiger partial charge in [-0.05, 0) is 41.7 Å². The summed E-state index contributed by atoms with van der Waals surface area (Å²) in [6, 6.07) is 25.3. The molecule has 1 aliphatic rings. The van der Waals surface area contributed by atoms with Crippen molar-refractivity contribution in [3.8, 4) is 11.1 Å².